The van der Waals surface area contributed by atoms with E-state index < -0.39 is 0 Å². The Morgan fingerprint density at radius 3 is 2.67 bits per heavy atom. The molecule has 3 heteroatoms. The van der Waals surface area contributed by atoms with Gasteiger partial charge in [0.05, 0.1) is 17.6 Å². The molecule has 0 fully saturated rings. The number of hydrogen-bond donors (Lipinski definition) is 1. The lowest BCUT2D eigenvalue weighted by Crippen LogP contribution is -1.90. The Bertz CT molecular complexity index is 477. The van der Waals surface area contributed by atoms with Gasteiger partial charge in [0.1, 0.15) is 0 Å². The second kappa shape index (κ2) is 4.03. The number of anilines is 1. The van der Waals surface area contributed by atoms with Gasteiger partial charge in [-0.25, -0.2) is 0 Å². The van der Waals surface area contributed by atoms with Crippen molar-refractivity contribution >= 4 is 21.6 Å². The number of nitrogens with zero attached hydrogens (tertiary/aromatic N) is 1. The van der Waals surface area contributed by atoms with Gasteiger partial charge in [0, 0.05) is 10.0 Å². The average molecular weight is 263 g/mol. The maximum Gasteiger partial charge on any atom is 0.0706 e. The number of halogens is 1. The Balaban J connectivity index is 2.53. The number of rotatable bonds is 1. The van der Waals surface area contributed by atoms with E-state index in [1.54, 1.807) is 6.20 Å². The van der Waals surface area contributed by atoms with Crippen LogP contribution in [-0.2, 0) is 0 Å². The van der Waals surface area contributed by atoms with Crippen molar-refractivity contribution in [2.45, 2.75) is 6.92 Å². The van der Waals surface area contributed by atoms with E-state index in [1.165, 1.54) is 5.56 Å². The molecule has 2 aromatic rings. The van der Waals surface area contributed by atoms with Crippen LogP contribution in [0.25, 0.3) is 11.3 Å². The zero-order valence-corrected chi connectivity index (χ0v) is 9.95. The fourth-order valence-electron chi connectivity index (χ4n) is 1.43. The van der Waals surface area contributed by atoms with Crippen molar-refractivity contribution in [1.82, 2.24) is 4.98 Å². The van der Waals surface area contributed by atoms with Crippen molar-refractivity contribution < 1.29 is 0 Å². The third-order valence-electron chi connectivity index (χ3n) is 2.26. The second-order valence-corrected chi connectivity index (χ2v) is 4.35. The Kier molecular flexibility index (Phi) is 2.73. The number of aromatic nitrogens is 1. The van der Waals surface area contributed by atoms with Gasteiger partial charge in [0.2, 0.25) is 0 Å². The number of nitrogens with two attached hydrogens (primary N) is 1. The first kappa shape index (κ1) is 10.2. The van der Waals surface area contributed by atoms with Gasteiger partial charge in [-0.2, -0.15) is 0 Å². The van der Waals surface area contributed by atoms with Crippen LogP contribution < -0.4 is 5.73 Å². The van der Waals surface area contributed by atoms with Crippen LogP contribution in [-0.4, -0.2) is 4.98 Å². The van der Waals surface area contributed by atoms with Crippen LogP contribution in [0, 0.1) is 6.92 Å². The van der Waals surface area contributed by atoms with Crippen molar-refractivity contribution in [2.75, 3.05) is 5.73 Å². The van der Waals surface area contributed by atoms with E-state index in [2.05, 4.69) is 40.0 Å². The molecule has 0 unspecified atom stereocenters. The molecule has 0 saturated carbocycles. The summed E-state index contributed by atoms with van der Waals surface area (Å²) in [6, 6.07) is 9.95. The van der Waals surface area contributed by atoms with Gasteiger partial charge >= 0.3 is 0 Å². The van der Waals surface area contributed by atoms with E-state index in [9.17, 15) is 0 Å². The molecule has 1 heterocycles. The molecule has 2 rings (SSSR count). The highest BCUT2D eigenvalue weighted by Gasteiger charge is 2.03. The highest BCUT2D eigenvalue weighted by Crippen LogP contribution is 2.25. The molecule has 76 valence electrons. The first-order valence-electron chi connectivity index (χ1n) is 4.65. The lowest BCUT2D eigenvalue weighted by Gasteiger charge is -2.05. The van der Waals surface area contributed by atoms with E-state index in [-0.39, 0.29) is 0 Å². The number of pyridine rings is 1. The van der Waals surface area contributed by atoms with Crippen molar-refractivity contribution in [2.24, 2.45) is 0 Å². The molecule has 0 radical (unpaired) electrons. The highest BCUT2D eigenvalue weighted by atomic mass is 79.9. The molecular formula is C12H11BrN2. The number of hydrogen-bond acceptors (Lipinski definition) is 2. The van der Waals surface area contributed by atoms with Crippen LogP contribution in [0.4, 0.5) is 5.69 Å². The van der Waals surface area contributed by atoms with E-state index >= 15 is 0 Å². The largest absolute Gasteiger partial charge is 0.397 e. The lowest BCUT2D eigenvalue weighted by molar-refractivity contribution is 1.30. The summed E-state index contributed by atoms with van der Waals surface area (Å²) >= 11 is 3.46. The van der Waals surface area contributed by atoms with Gasteiger partial charge < -0.3 is 5.73 Å². The van der Waals surface area contributed by atoms with E-state index in [1.807, 2.05) is 18.2 Å². The van der Waals surface area contributed by atoms with Gasteiger partial charge in [-0.05, 0) is 36.8 Å². The summed E-state index contributed by atoms with van der Waals surface area (Å²) in [4.78, 5) is 4.30. The fraction of sp³-hybridized carbons (Fsp3) is 0.0833. The Morgan fingerprint density at radius 1 is 1.20 bits per heavy atom. The molecule has 1 aromatic heterocycles. The molecule has 0 aliphatic heterocycles. The molecule has 2 N–H and O–H groups in total. The molecule has 0 aliphatic rings. The number of benzene rings is 1. The predicted octanol–water partition coefficient (Wildman–Crippen LogP) is 3.40. The van der Waals surface area contributed by atoms with Crippen LogP contribution in [0.3, 0.4) is 0 Å². The predicted molar refractivity (Wildman–Crippen MR) is 66.5 cm³/mol. The van der Waals surface area contributed by atoms with E-state index in [4.69, 9.17) is 5.73 Å². The standard InChI is InChI=1S/C12H11BrN2/c1-8-2-3-9(13)6-11(8)12-5-4-10(14)7-15-12/h2-7H,14H2,1H3. The van der Waals surface area contributed by atoms with E-state index in [0.717, 1.165) is 15.7 Å². The SMILES string of the molecule is Cc1ccc(Br)cc1-c1ccc(N)cn1. The number of nitrogen functional groups attached to an aromatic ring is 1. The maximum atomic E-state index is 5.60. The van der Waals surface area contributed by atoms with Crippen LogP contribution >= 0.6 is 15.9 Å². The normalized spacial score (nSPS) is 10.3. The molecule has 0 bridgehead atoms. The minimum Gasteiger partial charge on any atom is -0.397 e. The Labute approximate surface area is 97.3 Å². The van der Waals surface area contributed by atoms with Crippen LogP contribution in [0.1, 0.15) is 5.56 Å². The minimum atomic E-state index is 0.686. The number of aryl methyl sites for hydroxylation is 1. The monoisotopic (exact) mass is 262 g/mol. The molecule has 1 aromatic carbocycles. The van der Waals surface area contributed by atoms with Gasteiger partial charge in [0.25, 0.3) is 0 Å². The summed E-state index contributed by atoms with van der Waals surface area (Å²) in [5.74, 6) is 0. The Hall–Kier alpha value is -1.35. The first-order valence-corrected chi connectivity index (χ1v) is 5.44. The van der Waals surface area contributed by atoms with Crippen molar-refractivity contribution in [3.05, 3.63) is 46.6 Å². The van der Waals surface area contributed by atoms with Crippen LogP contribution in [0.2, 0.25) is 0 Å². The first-order chi connectivity index (χ1) is 7.16. The lowest BCUT2D eigenvalue weighted by atomic mass is 10.1. The van der Waals surface area contributed by atoms with Gasteiger partial charge in [0.15, 0.2) is 0 Å². The molecule has 0 spiro atoms. The highest BCUT2D eigenvalue weighted by molar-refractivity contribution is 9.10. The summed E-state index contributed by atoms with van der Waals surface area (Å²) in [5, 5.41) is 0. The molecule has 0 atom stereocenters. The van der Waals surface area contributed by atoms with Crippen LogP contribution in [0.5, 0.6) is 0 Å². The second-order valence-electron chi connectivity index (χ2n) is 3.44. The molecular weight excluding hydrogens is 252 g/mol. The summed E-state index contributed by atoms with van der Waals surface area (Å²) in [7, 11) is 0. The zero-order valence-electron chi connectivity index (χ0n) is 8.37. The summed E-state index contributed by atoms with van der Waals surface area (Å²) in [6.45, 7) is 2.07. The summed E-state index contributed by atoms with van der Waals surface area (Å²) < 4.78 is 1.06. The smallest absolute Gasteiger partial charge is 0.0706 e. The molecule has 0 saturated heterocycles. The van der Waals surface area contributed by atoms with Crippen molar-refractivity contribution in [3.63, 3.8) is 0 Å². The van der Waals surface area contributed by atoms with Crippen molar-refractivity contribution in [3.8, 4) is 11.3 Å². The maximum absolute atomic E-state index is 5.60. The average Bonchev–Trinajstić information content (AvgIpc) is 2.23. The molecule has 0 aliphatic carbocycles. The zero-order chi connectivity index (χ0) is 10.8. The quantitative estimate of drug-likeness (QED) is 0.856. The Morgan fingerprint density at radius 2 is 2.00 bits per heavy atom. The topological polar surface area (TPSA) is 38.9 Å². The molecule has 15 heavy (non-hydrogen) atoms. The minimum absolute atomic E-state index is 0.686. The summed E-state index contributed by atoms with van der Waals surface area (Å²) in [5.41, 5.74) is 9.57. The fourth-order valence-corrected chi connectivity index (χ4v) is 1.80. The molecule has 0 amide bonds. The van der Waals surface area contributed by atoms with Gasteiger partial charge in [-0.1, -0.05) is 22.0 Å². The third kappa shape index (κ3) is 2.18. The van der Waals surface area contributed by atoms with Crippen molar-refractivity contribution in [1.29, 1.82) is 0 Å². The third-order valence-corrected chi connectivity index (χ3v) is 2.76. The summed E-state index contributed by atoms with van der Waals surface area (Å²) in [6.07, 6.45) is 1.68. The van der Waals surface area contributed by atoms with Crippen LogP contribution in [0.15, 0.2) is 41.0 Å². The van der Waals surface area contributed by atoms with Gasteiger partial charge in [-0.15, -0.1) is 0 Å². The van der Waals surface area contributed by atoms with Gasteiger partial charge in [-0.3, -0.25) is 4.98 Å². The molecule has 2 nitrogen and oxygen atoms in total. The van der Waals surface area contributed by atoms with E-state index in [0.29, 0.717) is 5.69 Å².